The van der Waals surface area contributed by atoms with Crippen molar-refractivity contribution in [2.45, 2.75) is 64.5 Å². The molecule has 2 aliphatic rings. The van der Waals surface area contributed by atoms with Crippen molar-refractivity contribution >= 4 is 0 Å². The second-order valence-electron chi connectivity index (χ2n) is 6.33. The Kier molecular flexibility index (Phi) is 3.09. The quantitative estimate of drug-likeness (QED) is 0.665. The molecule has 2 fully saturated rings. The normalized spacial score (nSPS) is 31.8. The highest BCUT2D eigenvalue weighted by Gasteiger charge is 2.38. The van der Waals surface area contributed by atoms with Crippen molar-refractivity contribution in [2.24, 2.45) is 5.41 Å². The van der Waals surface area contributed by atoms with Crippen LogP contribution >= 0.6 is 0 Å². The zero-order valence-electron chi connectivity index (χ0n) is 10.4. The highest BCUT2D eigenvalue weighted by Crippen LogP contribution is 2.35. The lowest BCUT2D eigenvalue weighted by molar-refractivity contribution is -0.0278. The van der Waals surface area contributed by atoms with E-state index >= 15 is 0 Å². The predicted octanol–water partition coefficient (Wildman–Crippen LogP) is 2.72. The summed E-state index contributed by atoms with van der Waals surface area (Å²) in [6.07, 6.45) is 6.38. The lowest BCUT2D eigenvalue weighted by Crippen LogP contribution is -2.45. The van der Waals surface area contributed by atoms with Crippen LogP contribution in [-0.4, -0.2) is 24.8 Å². The van der Waals surface area contributed by atoms with Gasteiger partial charge in [-0.2, -0.15) is 0 Å². The molecule has 1 aliphatic carbocycles. The first-order chi connectivity index (χ1) is 7.02. The van der Waals surface area contributed by atoms with E-state index < -0.39 is 0 Å². The largest absolute Gasteiger partial charge is 0.374 e. The maximum atomic E-state index is 6.11. The lowest BCUT2D eigenvalue weighted by atomic mass is 9.85. The summed E-state index contributed by atoms with van der Waals surface area (Å²) in [5.41, 5.74) is 0.549. The van der Waals surface area contributed by atoms with Crippen molar-refractivity contribution in [2.75, 3.05) is 13.2 Å². The van der Waals surface area contributed by atoms with Crippen LogP contribution in [0.1, 0.15) is 52.9 Å². The summed E-state index contributed by atoms with van der Waals surface area (Å²) < 4.78 is 6.11. The van der Waals surface area contributed by atoms with Gasteiger partial charge in [0.05, 0.1) is 5.60 Å². The van der Waals surface area contributed by atoms with E-state index in [0.29, 0.717) is 11.5 Å². The van der Waals surface area contributed by atoms with Gasteiger partial charge in [-0.3, -0.25) is 0 Å². The van der Waals surface area contributed by atoms with Crippen LogP contribution in [0.15, 0.2) is 0 Å². The minimum atomic E-state index is 0.194. The summed E-state index contributed by atoms with van der Waals surface area (Å²) in [5.74, 6) is 0. The van der Waals surface area contributed by atoms with Gasteiger partial charge in [0.15, 0.2) is 0 Å². The molecule has 1 atom stereocenters. The van der Waals surface area contributed by atoms with Crippen molar-refractivity contribution in [1.29, 1.82) is 0 Å². The van der Waals surface area contributed by atoms with Crippen molar-refractivity contribution in [1.82, 2.24) is 5.32 Å². The fraction of sp³-hybridized carbons (Fsp3) is 1.00. The van der Waals surface area contributed by atoms with Crippen molar-refractivity contribution in [3.05, 3.63) is 0 Å². The van der Waals surface area contributed by atoms with Crippen LogP contribution in [0.3, 0.4) is 0 Å². The van der Waals surface area contributed by atoms with Gasteiger partial charge in [0.1, 0.15) is 0 Å². The van der Waals surface area contributed by atoms with Crippen LogP contribution in [0.5, 0.6) is 0 Å². The van der Waals surface area contributed by atoms with E-state index in [1.54, 1.807) is 0 Å². The van der Waals surface area contributed by atoms with Crippen molar-refractivity contribution < 1.29 is 4.74 Å². The first kappa shape index (κ1) is 11.4. The van der Waals surface area contributed by atoms with Gasteiger partial charge in [0.2, 0.25) is 0 Å². The number of nitrogens with one attached hydrogen (secondary N) is 1. The number of rotatable bonds is 0. The van der Waals surface area contributed by atoms with E-state index in [1.165, 1.54) is 25.7 Å². The second-order valence-corrected chi connectivity index (χ2v) is 6.33. The number of ether oxygens (including phenoxy) is 1. The van der Waals surface area contributed by atoms with Gasteiger partial charge >= 0.3 is 0 Å². The Balaban J connectivity index is 1.97. The molecule has 1 aliphatic heterocycles. The van der Waals surface area contributed by atoms with Gasteiger partial charge < -0.3 is 10.1 Å². The smallest absolute Gasteiger partial charge is 0.0806 e. The van der Waals surface area contributed by atoms with Crippen LogP contribution in [0.25, 0.3) is 0 Å². The van der Waals surface area contributed by atoms with E-state index in [1.807, 2.05) is 0 Å². The van der Waals surface area contributed by atoms with Crippen LogP contribution in [0, 0.1) is 5.41 Å². The Morgan fingerprint density at radius 2 is 1.87 bits per heavy atom. The molecular weight excluding hydrogens is 186 g/mol. The van der Waals surface area contributed by atoms with Gasteiger partial charge in [-0.15, -0.1) is 0 Å². The van der Waals surface area contributed by atoms with E-state index in [2.05, 4.69) is 26.1 Å². The molecule has 1 N–H and O–H groups in total. The molecule has 0 aromatic rings. The fourth-order valence-electron chi connectivity index (χ4n) is 2.94. The fourth-order valence-corrected chi connectivity index (χ4v) is 2.94. The SMILES string of the molecule is CC(C)(C)C1CCOC2(CCCC2)CN1. The minimum Gasteiger partial charge on any atom is -0.374 e. The third-order valence-corrected chi connectivity index (χ3v) is 4.05. The monoisotopic (exact) mass is 211 g/mol. The molecule has 0 amide bonds. The van der Waals surface area contributed by atoms with Gasteiger partial charge in [-0.05, 0) is 24.7 Å². The summed E-state index contributed by atoms with van der Waals surface area (Å²) in [5, 5.41) is 3.73. The summed E-state index contributed by atoms with van der Waals surface area (Å²) in [7, 11) is 0. The lowest BCUT2D eigenvalue weighted by Gasteiger charge is -2.31. The molecule has 0 bridgehead atoms. The van der Waals surface area contributed by atoms with E-state index in [-0.39, 0.29) is 5.60 Å². The molecule has 15 heavy (non-hydrogen) atoms. The summed E-state index contributed by atoms with van der Waals surface area (Å²) in [4.78, 5) is 0. The molecule has 0 aromatic heterocycles. The van der Waals surface area contributed by atoms with Crippen LogP contribution < -0.4 is 5.32 Å². The summed E-state index contributed by atoms with van der Waals surface area (Å²) >= 11 is 0. The van der Waals surface area contributed by atoms with Crippen molar-refractivity contribution in [3.63, 3.8) is 0 Å². The molecule has 1 saturated heterocycles. The van der Waals surface area contributed by atoms with Gasteiger partial charge in [-0.25, -0.2) is 0 Å². The minimum absolute atomic E-state index is 0.194. The highest BCUT2D eigenvalue weighted by molar-refractivity contribution is 4.93. The predicted molar refractivity (Wildman–Crippen MR) is 63.0 cm³/mol. The molecule has 0 aromatic carbocycles. The average Bonchev–Trinajstić information content (AvgIpc) is 2.45. The van der Waals surface area contributed by atoms with Crippen LogP contribution in [0.4, 0.5) is 0 Å². The number of hydrogen-bond acceptors (Lipinski definition) is 2. The third-order valence-electron chi connectivity index (χ3n) is 4.05. The molecule has 2 nitrogen and oxygen atoms in total. The number of hydrogen-bond donors (Lipinski definition) is 1. The zero-order chi connectivity index (χ0) is 10.9. The van der Waals surface area contributed by atoms with Crippen LogP contribution in [0.2, 0.25) is 0 Å². The molecule has 88 valence electrons. The molecule has 1 spiro atoms. The van der Waals surface area contributed by atoms with E-state index in [4.69, 9.17) is 4.74 Å². The topological polar surface area (TPSA) is 21.3 Å². The summed E-state index contributed by atoms with van der Waals surface area (Å²) in [6, 6.07) is 0.609. The Morgan fingerprint density at radius 1 is 1.20 bits per heavy atom. The zero-order valence-corrected chi connectivity index (χ0v) is 10.4. The Hall–Kier alpha value is -0.0800. The van der Waals surface area contributed by atoms with E-state index in [9.17, 15) is 0 Å². The molecule has 1 saturated carbocycles. The molecule has 1 unspecified atom stereocenters. The maximum absolute atomic E-state index is 6.11. The molecule has 2 heteroatoms. The summed E-state index contributed by atoms with van der Waals surface area (Å²) in [6.45, 7) is 8.95. The highest BCUT2D eigenvalue weighted by atomic mass is 16.5. The molecule has 1 heterocycles. The van der Waals surface area contributed by atoms with Gasteiger partial charge in [-0.1, -0.05) is 33.6 Å². The van der Waals surface area contributed by atoms with E-state index in [0.717, 1.165) is 19.6 Å². The third kappa shape index (κ3) is 2.54. The Morgan fingerprint density at radius 3 is 2.47 bits per heavy atom. The molecule has 0 radical (unpaired) electrons. The molecular formula is C13H25NO. The standard InChI is InChI=1S/C13H25NO/c1-12(2,3)11-6-9-15-13(10-14-11)7-4-5-8-13/h11,14H,4-10H2,1-3H3. The van der Waals surface area contributed by atoms with Crippen LogP contribution in [-0.2, 0) is 4.74 Å². The maximum Gasteiger partial charge on any atom is 0.0806 e. The second kappa shape index (κ2) is 4.06. The molecule has 2 rings (SSSR count). The average molecular weight is 211 g/mol. The Bertz CT molecular complexity index is 213. The van der Waals surface area contributed by atoms with Gasteiger partial charge in [0, 0.05) is 19.2 Å². The first-order valence-electron chi connectivity index (χ1n) is 6.39. The first-order valence-corrected chi connectivity index (χ1v) is 6.39. The van der Waals surface area contributed by atoms with Gasteiger partial charge in [0.25, 0.3) is 0 Å². The Labute approximate surface area is 93.8 Å². The van der Waals surface area contributed by atoms with Crippen molar-refractivity contribution in [3.8, 4) is 0 Å².